The Hall–Kier alpha value is -0.310. The molecule has 2 nitrogen and oxygen atoms in total. The molecule has 3 heteroatoms. The van der Waals surface area contributed by atoms with Crippen LogP contribution in [0, 0.1) is 5.92 Å². The summed E-state index contributed by atoms with van der Waals surface area (Å²) in [5, 5.41) is -0.288. The second-order valence-electron chi connectivity index (χ2n) is 3.35. The van der Waals surface area contributed by atoms with Gasteiger partial charge >= 0.3 is 0 Å². The zero-order chi connectivity index (χ0) is 10.3. The Morgan fingerprint density at radius 1 is 1.23 bits per heavy atom. The average molecular weight is 202 g/mol. The quantitative estimate of drug-likeness (QED) is 0.391. The molecule has 0 aliphatic rings. The van der Waals surface area contributed by atoms with Gasteiger partial charge in [0.2, 0.25) is 0 Å². The van der Waals surface area contributed by atoms with Gasteiger partial charge in [-0.1, -0.05) is 32.6 Å². The fourth-order valence-corrected chi connectivity index (χ4v) is 1.59. The normalized spacial score (nSPS) is 12.5. The first-order valence-corrected chi connectivity index (χ1v) is 5.27. The lowest BCUT2D eigenvalue weighted by molar-refractivity contribution is -0.127. The minimum Gasteiger partial charge on any atom is -0.299 e. The molecule has 0 heterocycles. The molecular formula is C10H18O2S. The highest BCUT2D eigenvalue weighted by Crippen LogP contribution is 2.14. The van der Waals surface area contributed by atoms with Crippen LogP contribution in [0.1, 0.15) is 46.0 Å². The summed E-state index contributed by atoms with van der Waals surface area (Å²) < 4.78 is 0. The Balaban J connectivity index is 3.71. The zero-order valence-electron chi connectivity index (χ0n) is 8.38. The Morgan fingerprint density at radius 3 is 2.23 bits per heavy atom. The van der Waals surface area contributed by atoms with E-state index in [4.69, 9.17) is 0 Å². The van der Waals surface area contributed by atoms with E-state index in [-0.39, 0.29) is 10.9 Å². The molecule has 1 unspecified atom stereocenters. The van der Waals surface area contributed by atoms with Crippen molar-refractivity contribution in [1.29, 1.82) is 0 Å². The van der Waals surface area contributed by atoms with E-state index in [2.05, 4.69) is 19.6 Å². The third-order valence-electron chi connectivity index (χ3n) is 2.14. The molecular weight excluding hydrogens is 184 g/mol. The lowest BCUT2D eigenvalue weighted by Gasteiger charge is -2.08. The number of rotatable bonds is 7. The van der Waals surface area contributed by atoms with Crippen LogP contribution in [0.4, 0.5) is 0 Å². The van der Waals surface area contributed by atoms with E-state index >= 15 is 0 Å². The Labute approximate surface area is 85.5 Å². The molecule has 0 N–H and O–H groups in total. The van der Waals surface area contributed by atoms with Gasteiger partial charge in [0, 0.05) is 0 Å². The number of carbonyl (C=O) groups excluding carboxylic acids is 2. The van der Waals surface area contributed by atoms with Gasteiger partial charge in [0.25, 0.3) is 0 Å². The van der Waals surface area contributed by atoms with Gasteiger partial charge in [0.15, 0.2) is 5.12 Å². The highest BCUT2D eigenvalue weighted by Gasteiger charge is 2.19. The van der Waals surface area contributed by atoms with Crippen LogP contribution in [-0.4, -0.2) is 10.9 Å². The maximum Gasteiger partial charge on any atom is 0.196 e. The van der Waals surface area contributed by atoms with Crippen LogP contribution >= 0.6 is 12.6 Å². The van der Waals surface area contributed by atoms with Crippen LogP contribution in [0.2, 0.25) is 0 Å². The van der Waals surface area contributed by atoms with Crippen molar-refractivity contribution in [3.8, 4) is 0 Å². The lowest BCUT2D eigenvalue weighted by Crippen LogP contribution is -2.17. The summed E-state index contributed by atoms with van der Waals surface area (Å²) in [6, 6.07) is 0. The summed E-state index contributed by atoms with van der Waals surface area (Å²) in [6.07, 6.45) is 5.05. The number of carbonyl (C=O) groups is 2. The maximum atomic E-state index is 11.0. The number of hydrogen-bond acceptors (Lipinski definition) is 2. The van der Waals surface area contributed by atoms with Crippen molar-refractivity contribution in [2.75, 3.05) is 0 Å². The Bertz CT molecular complexity index is 164. The first-order valence-electron chi connectivity index (χ1n) is 4.82. The summed E-state index contributed by atoms with van der Waals surface area (Å²) in [6.45, 7) is 3.59. The molecule has 0 aliphatic carbocycles. The second kappa shape index (κ2) is 7.13. The van der Waals surface area contributed by atoms with Crippen molar-refractivity contribution in [3.63, 3.8) is 0 Å². The maximum absolute atomic E-state index is 11.0. The molecule has 0 aromatic rings. The topological polar surface area (TPSA) is 34.1 Å². The highest BCUT2D eigenvalue weighted by molar-refractivity contribution is 7.96. The summed E-state index contributed by atoms with van der Waals surface area (Å²) >= 11 is 3.70. The summed E-state index contributed by atoms with van der Waals surface area (Å²) in [4.78, 5) is 21.9. The Kier molecular flexibility index (Phi) is 6.96. The van der Waals surface area contributed by atoms with E-state index in [0.717, 1.165) is 12.8 Å². The number of ketones is 1. The molecule has 0 saturated carbocycles. The van der Waals surface area contributed by atoms with Crippen molar-refractivity contribution in [2.24, 2.45) is 5.92 Å². The standard InChI is InChI=1S/C10H18O2S/c1-3-4-5-6-7-9(8(2)11)10(12)13/h9H,3-7H2,1-2H3,(H,12,13). The van der Waals surface area contributed by atoms with E-state index in [1.165, 1.54) is 19.8 Å². The van der Waals surface area contributed by atoms with Crippen LogP contribution in [0.3, 0.4) is 0 Å². The molecule has 13 heavy (non-hydrogen) atoms. The van der Waals surface area contributed by atoms with Crippen molar-refractivity contribution < 1.29 is 9.59 Å². The van der Waals surface area contributed by atoms with Crippen LogP contribution in [-0.2, 0) is 9.59 Å². The SMILES string of the molecule is CCCCCCC(C(C)=O)C(=O)S. The monoisotopic (exact) mass is 202 g/mol. The van der Waals surface area contributed by atoms with Gasteiger partial charge in [-0.05, 0) is 13.3 Å². The van der Waals surface area contributed by atoms with E-state index in [9.17, 15) is 9.59 Å². The van der Waals surface area contributed by atoms with Crippen molar-refractivity contribution in [1.82, 2.24) is 0 Å². The number of thiol groups is 1. The van der Waals surface area contributed by atoms with Gasteiger partial charge < -0.3 is 0 Å². The minimum absolute atomic E-state index is 0.0588. The van der Waals surface area contributed by atoms with Crippen molar-refractivity contribution in [2.45, 2.75) is 46.0 Å². The number of unbranched alkanes of at least 4 members (excludes halogenated alkanes) is 3. The van der Waals surface area contributed by atoms with Gasteiger partial charge in [0.05, 0.1) is 5.92 Å². The highest BCUT2D eigenvalue weighted by atomic mass is 32.1. The molecule has 0 bridgehead atoms. The predicted molar refractivity (Wildman–Crippen MR) is 56.9 cm³/mol. The first kappa shape index (κ1) is 12.7. The molecule has 0 rings (SSSR count). The minimum atomic E-state index is -0.472. The molecule has 0 aromatic heterocycles. The molecule has 0 radical (unpaired) electrons. The van der Waals surface area contributed by atoms with Crippen LogP contribution < -0.4 is 0 Å². The first-order chi connectivity index (χ1) is 6.09. The third-order valence-corrected chi connectivity index (χ3v) is 2.45. The van der Waals surface area contributed by atoms with E-state index in [1.54, 1.807) is 0 Å². The molecule has 76 valence electrons. The molecule has 0 aliphatic heterocycles. The van der Waals surface area contributed by atoms with Gasteiger partial charge in [-0.25, -0.2) is 0 Å². The van der Waals surface area contributed by atoms with Gasteiger partial charge in [-0.3, -0.25) is 9.59 Å². The average Bonchev–Trinajstić information content (AvgIpc) is 2.02. The van der Waals surface area contributed by atoms with Crippen LogP contribution in [0.25, 0.3) is 0 Å². The molecule has 0 saturated heterocycles. The van der Waals surface area contributed by atoms with Crippen LogP contribution in [0.15, 0.2) is 0 Å². The van der Waals surface area contributed by atoms with Gasteiger partial charge in [0.1, 0.15) is 5.78 Å². The van der Waals surface area contributed by atoms with E-state index in [1.807, 2.05) is 0 Å². The molecule has 0 aromatic carbocycles. The van der Waals surface area contributed by atoms with Crippen molar-refractivity contribution >= 4 is 23.5 Å². The smallest absolute Gasteiger partial charge is 0.196 e. The van der Waals surface area contributed by atoms with Crippen molar-refractivity contribution in [3.05, 3.63) is 0 Å². The fraction of sp³-hybridized carbons (Fsp3) is 0.800. The summed E-state index contributed by atoms with van der Waals surface area (Å²) in [7, 11) is 0. The summed E-state index contributed by atoms with van der Waals surface area (Å²) in [5.41, 5.74) is 0. The largest absolute Gasteiger partial charge is 0.299 e. The van der Waals surface area contributed by atoms with E-state index < -0.39 is 5.92 Å². The number of Topliss-reactive ketones (excluding diaryl/α,β-unsaturated/α-hetero) is 1. The second-order valence-corrected chi connectivity index (χ2v) is 3.79. The summed E-state index contributed by atoms with van der Waals surface area (Å²) in [5.74, 6) is -0.531. The molecule has 1 atom stereocenters. The van der Waals surface area contributed by atoms with Crippen LogP contribution in [0.5, 0.6) is 0 Å². The number of hydrogen-bond donors (Lipinski definition) is 1. The predicted octanol–water partition coefficient (Wildman–Crippen LogP) is 2.62. The van der Waals surface area contributed by atoms with Gasteiger partial charge in [-0.2, -0.15) is 0 Å². The fourth-order valence-electron chi connectivity index (χ4n) is 1.28. The molecule has 0 fully saturated rings. The van der Waals surface area contributed by atoms with E-state index in [0.29, 0.717) is 6.42 Å². The third kappa shape index (κ3) is 5.86. The Morgan fingerprint density at radius 2 is 1.85 bits per heavy atom. The zero-order valence-corrected chi connectivity index (χ0v) is 9.27. The molecule has 0 amide bonds. The lowest BCUT2D eigenvalue weighted by atomic mass is 9.98. The molecule has 0 spiro atoms. The van der Waals surface area contributed by atoms with Gasteiger partial charge in [-0.15, -0.1) is 12.6 Å².